The largest absolute Gasteiger partial charge is 0.411 e. The van der Waals surface area contributed by atoms with Crippen molar-refractivity contribution in [2.24, 2.45) is 5.16 Å². The van der Waals surface area contributed by atoms with E-state index >= 15 is 0 Å². The topological polar surface area (TPSA) is 56.4 Å². The van der Waals surface area contributed by atoms with Crippen molar-refractivity contribution in [2.45, 2.75) is 13.3 Å². The summed E-state index contributed by atoms with van der Waals surface area (Å²) in [5, 5.41) is 20.2. The number of hydrogen-bond acceptors (Lipinski definition) is 3. The summed E-state index contributed by atoms with van der Waals surface area (Å²) in [6.07, 6.45) is 0.336. The molecular formula is C10H10N2O. The normalized spacial score (nSPS) is 10.9. The van der Waals surface area contributed by atoms with Gasteiger partial charge >= 0.3 is 0 Å². The number of benzene rings is 1. The Morgan fingerprint density at radius 2 is 2.23 bits per heavy atom. The molecule has 0 saturated carbocycles. The van der Waals surface area contributed by atoms with Crippen LogP contribution in [0.15, 0.2) is 29.4 Å². The molecule has 0 amide bonds. The first-order chi connectivity index (χ1) is 6.29. The van der Waals surface area contributed by atoms with E-state index in [0.29, 0.717) is 12.1 Å². The molecule has 1 rings (SSSR count). The van der Waals surface area contributed by atoms with Crippen molar-refractivity contribution in [3.8, 4) is 6.07 Å². The van der Waals surface area contributed by atoms with Gasteiger partial charge in [0.15, 0.2) is 0 Å². The van der Waals surface area contributed by atoms with E-state index in [1.807, 2.05) is 24.3 Å². The molecule has 3 heteroatoms. The molecule has 0 radical (unpaired) electrons. The summed E-state index contributed by atoms with van der Waals surface area (Å²) < 4.78 is 0. The van der Waals surface area contributed by atoms with Gasteiger partial charge in [-0.3, -0.25) is 0 Å². The first-order valence-electron chi connectivity index (χ1n) is 3.93. The third-order valence-electron chi connectivity index (χ3n) is 1.83. The minimum atomic E-state index is 0.336. The molecule has 0 atom stereocenters. The van der Waals surface area contributed by atoms with Crippen LogP contribution in [-0.4, -0.2) is 10.9 Å². The Kier molecular flexibility index (Phi) is 3.04. The predicted molar refractivity (Wildman–Crippen MR) is 49.8 cm³/mol. The molecule has 1 N–H and O–H groups in total. The minimum absolute atomic E-state index is 0.336. The Labute approximate surface area is 76.9 Å². The van der Waals surface area contributed by atoms with Gasteiger partial charge in [-0.2, -0.15) is 5.26 Å². The molecule has 1 aromatic carbocycles. The maximum Gasteiger partial charge on any atom is 0.0840 e. The first-order valence-corrected chi connectivity index (χ1v) is 3.93. The van der Waals surface area contributed by atoms with Crippen molar-refractivity contribution < 1.29 is 5.21 Å². The van der Waals surface area contributed by atoms with Gasteiger partial charge in [-0.15, -0.1) is 0 Å². The van der Waals surface area contributed by atoms with Crippen LogP contribution in [0.25, 0.3) is 0 Å². The smallest absolute Gasteiger partial charge is 0.0840 e. The lowest BCUT2D eigenvalue weighted by Crippen LogP contribution is -1.99. The van der Waals surface area contributed by atoms with Crippen LogP contribution in [0, 0.1) is 11.3 Å². The van der Waals surface area contributed by atoms with Gasteiger partial charge < -0.3 is 5.21 Å². The lowest BCUT2D eigenvalue weighted by molar-refractivity contribution is 0.319. The molecular weight excluding hydrogens is 164 g/mol. The van der Waals surface area contributed by atoms with Gasteiger partial charge in [0, 0.05) is 5.56 Å². The molecule has 0 spiro atoms. The number of oxime groups is 1. The Morgan fingerprint density at radius 3 is 2.85 bits per heavy atom. The highest BCUT2D eigenvalue weighted by atomic mass is 16.4. The average molecular weight is 174 g/mol. The van der Waals surface area contributed by atoms with Crippen LogP contribution in [0.4, 0.5) is 0 Å². The van der Waals surface area contributed by atoms with Crippen molar-refractivity contribution in [3.63, 3.8) is 0 Å². The summed E-state index contributed by atoms with van der Waals surface area (Å²) >= 11 is 0. The monoisotopic (exact) mass is 174 g/mol. The molecule has 0 saturated heterocycles. The Balaban J connectivity index is 3.13. The molecule has 1 aromatic rings. The molecule has 0 aliphatic heterocycles. The third kappa shape index (κ3) is 2.06. The maximum absolute atomic E-state index is 8.59. The molecule has 66 valence electrons. The highest BCUT2D eigenvalue weighted by Gasteiger charge is 2.03. The van der Waals surface area contributed by atoms with Gasteiger partial charge in [0.05, 0.1) is 18.2 Å². The summed E-state index contributed by atoms with van der Waals surface area (Å²) in [7, 11) is 0. The summed E-state index contributed by atoms with van der Waals surface area (Å²) in [4.78, 5) is 0. The summed E-state index contributed by atoms with van der Waals surface area (Å²) in [5.74, 6) is 0. The third-order valence-corrected chi connectivity index (χ3v) is 1.83. The number of rotatable bonds is 2. The summed E-state index contributed by atoms with van der Waals surface area (Å²) in [5.41, 5.74) is 2.25. The zero-order valence-corrected chi connectivity index (χ0v) is 7.36. The average Bonchev–Trinajstić information content (AvgIpc) is 2.18. The summed E-state index contributed by atoms with van der Waals surface area (Å²) in [6, 6.07) is 9.47. The van der Waals surface area contributed by atoms with Crippen molar-refractivity contribution in [1.29, 1.82) is 5.26 Å². The molecule has 3 nitrogen and oxygen atoms in total. The Bertz CT molecular complexity index is 363. The molecule has 0 heterocycles. The molecule has 13 heavy (non-hydrogen) atoms. The van der Waals surface area contributed by atoms with Crippen LogP contribution in [0.2, 0.25) is 0 Å². The predicted octanol–water partition coefficient (Wildman–Crippen LogP) is 1.95. The minimum Gasteiger partial charge on any atom is -0.411 e. The van der Waals surface area contributed by atoms with Crippen molar-refractivity contribution in [2.75, 3.05) is 0 Å². The van der Waals surface area contributed by atoms with Crippen LogP contribution in [-0.2, 0) is 6.42 Å². The fourth-order valence-electron chi connectivity index (χ4n) is 1.17. The standard InChI is InChI=1S/C10H10N2O/c1-8(12-13)10-5-3-2-4-9(10)6-7-11/h2-5,13H,6H2,1H3. The highest BCUT2D eigenvalue weighted by Crippen LogP contribution is 2.10. The zero-order valence-electron chi connectivity index (χ0n) is 7.36. The Morgan fingerprint density at radius 1 is 1.54 bits per heavy atom. The van der Waals surface area contributed by atoms with Crippen LogP contribution in [0.1, 0.15) is 18.1 Å². The molecule has 0 aromatic heterocycles. The van der Waals surface area contributed by atoms with Gasteiger partial charge in [-0.1, -0.05) is 29.4 Å². The first kappa shape index (κ1) is 9.27. The molecule has 0 unspecified atom stereocenters. The van der Waals surface area contributed by atoms with Gasteiger partial charge in [0.1, 0.15) is 0 Å². The quantitative estimate of drug-likeness (QED) is 0.423. The highest BCUT2D eigenvalue weighted by molar-refractivity contribution is 5.99. The van der Waals surface area contributed by atoms with Gasteiger partial charge in [0.25, 0.3) is 0 Å². The van der Waals surface area contributed by atoms with Gasteiger partial charge in [-0.05, 0) is 12.5 Å². The van der Waals surface area contributed by atoms with E-state index in [1.54, 1.807) is 6.92 Å². The second-order valence-corrected chi connectivity index (χ2v) is 2.68. The van der Waals surface area contributed by atoms with E-state index in [1.165, 1.54) is 0 Å². The van der Waals surface area contributed by atoms with Crippen molar-refractivity contribution in [1.82, 2.24) is 0 Å². The fraction of sp³-hybridized carbons (Fsp3) is 0.200. The number of hydrogen-bond donors (Lipinski definition) is 1. The Hall–Kier alpha value is -1.82. The molecule has 0 bridgehead atoms. The van der Waals surface area contributed by atoms with Crippen LogP contribution < -0.4 is 0 Å². The van der Waals surface area contributed by atoms with E-state index in [4.69, 9.17) is 10.5 Å². The second kappa shape index (κ2) is 4.27. The SMILES string of the molecule is CC(=NO)c1ccccc1CC#N. The lowest BCUT2D eigenvalue weighted by Gasteiger charge is -2.03. The number of nitrogens with zero attached hydrogens (tertiary/aromatic N) is 2. The fourth-order valence-corrected chi connectivity index (χ4v) is 1.17. The van der Waals surface area contributed by atoms with Crippen molar-refractivity contribution >= 4 is 5.71 Å². The van der Waals surface area contributed by atoms with Crippen LogP contribution in [0.5, 0.6) is 0 Å². The molecule has 0 fully saturated rings. The molecule has 0 aliphatic carbocycles. The maximum atomic E-state index is 8.59. The van der Waals surface area contributed by atoms with E-state index in [2.05, 4.69) is 11.2 Å². The van der Waals surface area contributed by atoms with E-state index < -0.39 is 0 Å². The van der Waals surface area contributed by atoms with Crippen molar-refractivity contribution in [3.05, 3.63) is 35.4 Å². The summed E-state index contributed by atoms with van der Waals surface area (Å²) in [6.45, 7) is 1.70. The second-order valence-electron chi connectivity index (χ2n) is 2.68. The van der Waals surface area contributed by atoms with Gasteiger partial charge in [0.2, 0.25) is 0 Å². The zero-order chi connectivity index (χ0) is 9.68. The number of nitriles is 1. The van der Waals surface area contributed by atoms with E-state index in [-0.39, 0.29) is 0 Å². The van der Waals surface area contributed by atoms with E-state index in [0.717, 1.165) is 11.1 Å². The van der Waals surface area contributed by atoms with E-state index in [9.17, 15) is 0 Å². The van der Waals surface area contributed by atoms with Gasteiger partial charge in [-0.25, -0.2) is 0 Å². The van der Waals surface area contributed by atoms with Crippen LogP contribution in [0.3, 0.4) is 0 Å². The van der Waals surface area contributed by atoms with Crippen LogP contribution >= 0.6 is 0 Å². The lowest BCUT2D eigenvalue weighted by atomic mass is 10.0. The molecule has 0 aliphatic rings.